The molecule has 0 radical (unpaired) electrons. The Bertz CT molecular complexity index is 705. The lowest BCUT2D eigenvalue weighted by atomic mass is 10.1. The van der Waals surface area contributed by atoms with E-state index in [1.54, 1.807) is 24.8 Å². The van der Waals surface area contributed by atoms with E-state index < -0.39 is 0 Å². The highest BCUT2D eigenvalue weighted by Gasteiger charge is 2.35. The number of anilines is 2. The molecule has 8 nitrogen and oxygen atoms in total. The summed E-state index contributed by atoms with van der Waals surface area (Å²) in [5, 5.41) is 0. The Labute approximate surface area is 133 Å². The summed E-state index contributed by atoms with van der Waals surface area (Å²) in [6, 6.07) is 2.33. The molecule has 0 atom stereocenters. The Morgan fingerprint density at radius 2 is 1.70 bits per heavy atom. The maximum atomic E-state index is 11.7. The fourth-order valence-corrected chi connectivity index (χ4v) is 3.17. The standard InChI is InChI=1S/C15H19N7O/c23-14-13(16-4-5-17-14)22-10-12(11-22)20-6-8-21(9-7-20)15-18-2-1-3-19-15/h1-5,12H,6-11H2,(H,17,23). The number of nitrogens with one attached hydrogen (secondary N) is 1. The molecule has 0 aromatic carbocycles. The lowest BCUT2D eigenvalue weighted by molar-refractivity contribution is 0.156. The maximum Gasteiger partial charge on any atom is 0.290 e. The number of nitrogens with zero attached hydrogens (tertiary/aromatic N) is 6. The zero-order valence-electron chi connectivity index (χ0n) is 12.8. The Hall–Kier alpha value is -2.48. The van der Waals surface area contributed by atoms with Gasteiger partial charge in [0.25, 0.3) is 5.56 Å². The molecule has 2 aromatic heterocycles. The number of aromatic amines is 1. The molecule has 0 bridgehead atoms. The molecule has 0 spiro atoms. The van der Waals surface area contributed by atoms with Gasteiger partial charge in [0.2, 0.25) is 5.95 Å². The normalized spacial score (nSPS) is 19.7. The van der Waals surface area contributed by atoms with E-state index in [4.69, 9.17) is 0 Å². The second-order valence-electron chi connectivity index (χ2n) is 5.87. The fourth-order valence-electron chi connectivity index (χ4n) is 3.17. The summed E-state index contributed by atoms with van der Waals surface area (Å²) in [5.74, 6) is 1.34. The number of piperazine rings is 1. The molecule has 0 unspecified atom stereocenters. The van der Waals surface area contributed by atoms with Crippen LogP contribution in [0.25, 0.3) is 0 Å². The van der Waals surface area contributed by atoms with Crippen molar-refractivity contribution in [3.8, 4) is 0 Å². The highest BCUT2D eigenvalue weighted by Crippen LogP contribution is 2.20. The molecule has 0 aliphatic carbocycles. The average Bonchev–Trinajstić information content (AvgIpc) is 2.57. The van der Waals surface area contributed by atoms with Crippen LogP contribution in [0.3, 0.4) is 0 Å². The number of hydrogen-bond donors (Lipinski definition) is 1. The van der Waals surface area contributed by atoms with E-state index in [1.165, 1.54) is 0 Å². The van der Waals surface area contributed by atoms with Crippen molar-refractivity contribution in [2.45, 2.75) is 6.04 Å². The summed E-state index contributed by atoms with van der Waals surface area (Å²) < 4.78 is 0. The summed E-state index contributed by atoms with van der Waals surface area (Å²) in [5.41, 5.74) is -0.114. The molecule has 4 rings (SSSR count). The first kappa shape index (κ1) is 14.1. The summed E-state index contributed by atoms with van der Waals surface area (Å²) >= 11 is 0. The third kappa shape index (κ3) is 2.77. The molecular weight excluding hydrogens is 294 g/mol. The van der Waals surface area contributed by atoms with Crippen molar-refractivity contribution in [2.24, 2.45) is 0 Å². The van der Waals surface area contributed by atoms with E-state index in [0.29, 0.717) is 11.9 Å². The quantitative estimate of drug-likeness (QED) is 0.823. The average molecular weight is 313 g/mol. The van der Waals surface area contributed by atoms with Gasteiger partial charge in [0, 0.05) is 70.1 Å². The molecular formula is C15H19N7O. The topological polar surface area (TPSA) is 81.3 Å². The zero-order chi connectivity index (χ0) is 15.6. The molecule has 2 saturated heterocycles. The Morgan fingerprint density at radius 1 is 0.957 bits per heavy atom. The third-order valence-corrected chi connectivity index (χ3v) is 4.52. The van der Waals surface area contributed by atoms with Crippen LogP contribution in [0.4, 0.5) is 11.8 Å². The van der Waals surface area contributed by atoms with Gasteiger partial charge >= 0.3 is 0 Å². The third-order valence-electron chi connectivity index (χ3n) is 4.52. The number of H-pyrrole nitrogens is 1. The first-order chi connectivity index (χ1) is 11.3. The Morgan fingerprint density at radius 3 is 2.39 bits per heavy atom. The van der Waals surface area contributed by atoms with Crippen molar-refractivity contribution in [1.29, 1.82) is 0 Å². The van der Waals surface area contributed by atoms with E-state index in [0.717, 1.165) is 45.2 Å². The molecule has 4 heterocycles. The van der Waals surface area contributed by atoms with Crippen LogP contribution < -0.4 is 15.4 Å². The highest BCUT2D eigenvalue weighted by atomic mass is 16.1. The largest absolute Gasteiger partial charge is 0.349 e. The molecule has 120 valence electrons. The van der Waals surface area contributed by atoms with Crippen molar-refractivity contribution in [1.82, 2.24) is 24.8 Å². The van der Waals surface area contributed by atoms with E-state index in [9.17, 15) is 4.79 Å². The summed E-state index contributed by atoms with van der Waals surface area (Å²) in [6.45, 7) is 5.59. The van der Waals surface area contributed by atoms with Gasteiger partial charge in [-0.2, -0.15) is 0 Å². The molecule has 2 fully saturated rings. The van der Waals surface area contributed by atoms with Crippen molar-refractivity contribution < 1.29 is 0 Å². The molecule has 1 N–H and O–H groups in total. The maximum absolute atomic E-state index is 11.7. The lowest BCUT2D eigenvalue weighted by Crippen LogP contribution is -2.64. The van der Waals surface area contributed by atoms with Crippen LogP contribution >= 0.6 is 0 Å². The summed E-state index contributed by atoms with van der Waals surface area (Å²) in [4.78, 5) is 33.9. The highest BCUT2D eigenvalue weighted by molar-refractivity contribution is 5.40. The van der Waals surface area contributed by atoms with Crippen molar-refractivity contribution >= 4 is 11.8 Å². The lowest BCUT2D eigenvalue weighted by Gasteiger charge is -2.48. The van der Waals surface area contributed by atoms with Crippen molar-refractivity contribution in [3.63, 3.8) is 0 Å². The Balaban J connectivity index is 1.31. The van der Waals surface area contributed by atoms with Gasteiger partial charge in [-0.3, -0.25) is 9.69 Å². The van der Waals surface area contributed by atoms with Crippen LogP contribution in [0.15, 0.2) is 35.6 Å². The van der Waals surface area contributed by atoms with Gasteiger partial charge in [-0.1, -0.05) is 0 Å². The number of hydrogen-bond acceptors (Lipinski definition) is 7. The zero-order valence-corrected chi connectivity index (χ0v) is 12.8. The van der Waals surface area contributed by atoms with Gasteiger partial charge in [-0.25, -0.2) is 15.0 Å². The minimum Gasteiger partial charge on any atom is -0.349 e. The predicted octanol–water partition coefficient (Wildman–Crippen LogP) is -0.429. The molecule has 2 aliphatic rings. The van der Waals surface area contributed by atoms with E-state index in [2.05, 4.69) is 29.7 Å². The molecule has 2 aliphatic heterocycles. The van der Waals surface area contributed by atoms with Crippen LogP contribution in [0.1, 0.15) is 0 Å². The summed E-state index contributed by atoms with van der Waals surface area (Å²) in [7, 11) is 0. The monoisotopic (exact) mass is 313 g/mol. The number of aromatic nitrogens is 4. The smallest absolute Gasteiger partial charge is 0.290 e. The van der Waals surface area contributed by atoms with Gasteiger partial charge in [-0.15, -0.1) is 0 Å². The van der Waals surface area contributed by atoms with E-state index in [1.807, 2.05) is 11.0 Å². The van der Waals surface area contributed by atoms with Crippen LogP contribution in [0.5, 0.6) is 0 Å². The minimum atomic E-state index is -0.114. The van der Waals surface area contributed by atoms with Crippen LogP contribution in [-0.4, -0.2) is 70.1 Å². The molecule has 2 aromatic rings. The number of rotatable bonds is 3. The molecule has 23 heavy (non-hydrogen) atoms. The summed E-state index contributed by atoms with van der Waals surface area (Å²) in [6.07, 6.45) is 6.75. The first-order valence-corrected chi connectivity index (χ1v) is 7.86. The fraction of sp³-hybridized carbons (Fsp3) is 0.467. The van der Waals surface area contributed by atoms with Gasteiger partial charge < -0.3 is 14.8 Å². The van der Waals surface area contributed by atoms with E-state index in [-0.39, 0.29) is 5.56 Å². The van der Waals surface area contributed by atoms with Crippen LogP contribution in [0.2, 0.25) is 0 Å². The van der Waals surface area contributed by atoms with Crippen LogP contribution in [0, 0.1) is 0 Å². The van der Waals surface area contributed by atoms with Gasteiger partial charge in [-0.05, 0) is 6.07 Å². The van der Waals surface area contributed by atoms with Crippen molar-refractivity contribution in [2.75, 3.05) is 49.1 Å². The van der Waals surface area contributed by atoms with Gasteiger partial charge in [0.15, 0.2) is 5.82 Å². The second-order valence-corrected chi connectivity index (χ2v) is 5.87. The second kappa shape index (κ2) is 5.96. The van der Waals surface area contributed by atoms with E-state index >= 15 is 0 Å². The SMILES string of the molecule is O=c1[nH]ccnc1N1CC(N2CCN(c3ncccn3)CC2)C1. The molecule has 0 amide bonds. The molecule has 8 heteroatoms. The molecule has 0 saturated carbocycles. The predicted molar refractivity (Wildman–Crippen MR) is 86.7 cm³/mol. The minimum absolute atomic E-state index is 0.114. The van der Waals surface area contributed by atoms with Gasteiger partial charge in [0.05, 0.1) is 0 Å². The Kier molecular flexibility index (Phi) is 3.66. The van der Waals surface area contributed by atoms with Crippen LogP contribution in [-0.2, 0) is 0 Å². The van der Waals surface area contributed by atoms with Gasteiger partial charge in [0.1, 0.15) is 0 Å². The van der Waals surface area contributed by atoms with Crippen molar-refractivity contribution in [3.05, 3.63) is 41.2 Å². The first-order valence-electron chi connectivity index (χ1n) is 7.86.